The molecular formula is C24H46N2O6. The van der Waals surface area contributed by atoms with Gasteiger partial charge < -0.3 is 20.2 Å². The Kier molecular flexibility index (Phi) is 20.1. The predicted molar refractivity (Wildman–Crippen MR) is 126 cm³/mol. The monoisotopic (exact) mass is 458 g/mol. The molecule has 0 heterocycles. The minimum atomic E-state index is -1.11. The van der Waals surface area contributed by atoms with Crippen molar-refractivity contribution >= 4 is 17.8 Å². The number of carboxylic acids is 2. The molecule has 0 aromatic heterocycles. The predicted octanol–water partition coefficient (Wildman–Crippen LogP) is 3.76. The summed E-state index contributed by atoms with van der Waals surface area (Å²) in [6.07, 6.45) is 16.5. The van der Waals surface area contributed by atoms with E-state index in [0.29, 0.717) is 6.42 Å². The molecule has 32 heavy (non-hydrogen) atoms. The average molecular weight is 459 g/mol. The summed E-state index contributed by atoms with van der Waals surface area (Å²) < 4.78 is 0. The molecule has 0 aromatic rings. The zero-order valence-corrected chi connectivity index (χ0v) is 20.1. The quantitative estimate of drug-likeness (QED) is 0.199. The van der Waals surface area contributed by atoms with Crippen LogP contribution in [0, 0.1) is 0 Å². The third-order valence-corrected chi connectivity index (χ3v) is 5.62. The molecule has 0 aliphatic rings. The third-order valence-electron chi connectivity index (χ3n) is 5.62. The van der Waals surface area contributed by atoms with Gasteiger partial charge in [-0.15, -0.1) is 0 Å². The lowest BCUT2D eigenvalue weighted by Crippen LogP contribution is -2.43. The van der Waals surface area contributed by atoms with Crippen molar-refractivity contribution in [3.05, 3.63) is 0 Å². The third kappa shape index (κ3) is 19.0. The normalized spacial score (nSPS) is 11.1. The second kappa shape index (κ2) is 21.2. The summed E-state index contributed by atoms with van der Waals surface area (Å²) in [5.74, 6) is -2.30. The van der Waals surface area contributed by atoms with Crippen molar-refractivity contribution in [2.75, 3.05) is 39.3 Å². The number of aliphatic hydroxyl groups is 1. The van der Waals surface area contributed by atoms with E-state index in [4.69, 9.17) is 10.2 Å². The van der Waals surface area contributed by atoms with Crippen molar-refractivity contribution in [1.82, 2.24) is 9.80 Å². The van der Waals surface area contributed by atoms with E-state index in [9.17, 15) is 19.5 Å². The summed E-state index contributed by atoms with van der Waals surface area (Å²) in [6.45, 7) is 1.79. The fourth-order valence-corrected chi connectivity index (χ4v) is 3.79. The van der Waals surface area contributed by atoms with Crippen molar-refractivity contribution in [1.29, 1.82) is 0 Å². The minimum Gasteiger partial charge on any atom is -0.480 e. The Hall–Kier alpha value is -1.67. The van der Waals surface area contributed by atoms with Crippen molar-refractivity contribution in [3.8, 4) is 0 Å². The fourth-order valence-electron chi connectivity index (χ4n) is 3.79. The first-order valence-corrected chi connectivity index (χ1v) is 12.4. The molecule has 0 aromatic carbocycles. The molecule has 0 saturated heterocycles. The van der Waals surface area contributed by atoms with Gasteiger partial charge in [-0.3, -0.25) is 19.3 Å². The first-order chi connectivity index (χ1) is 15.4. The van der Waals surface area contributed by atoms with Gasteiger partial charge in [0.15, 0.2) is 0 Å². The van der Waals surface area contributed by atoms with Gasteiger partial charge in [0.05, 0.1) is 19.7 Å². The number of aliphatic carboxylic acids is 2. The summed E-state index contributed by atoms with van der Waals surface area (Å²) in [5.41, 5.74) is 0. The molecule has 8 heteroatoms. The first kappa shape index (κ1) is 30.3. The lowest BCUT2D eigenvalue weighted by Gasteiger charge is -2.25. The van der Waals surface area contributed by atoms with Crippen LogP contribution in [0.4, 0.5) is 0 Å². The number of carboxylic acid groups (broad SMARTS) is 2. The maximum absolute atomic E-state index is 12.5. The zero-order chi connectivity index (χ0) is 24.0. The second-order valence-electron chi connectivity index (χ2n) is 8.60. The van der Waals surface area contributed by atoms with Crippen LogP contribution in [0.15, 0.2) is 0 Å². The van der Waals surface area contributed by atoms with E-state index < -0.39 is 25.0 Å². The minimum absolute atomic E-state index is 0.0762. The molecule has 8 nitrogen and oxygen atoms in total. The summed E-state index contributed by atoms with van der Waals surface area (Å²) >= 11 is 0. The second-order valence-corrected chi connectivity index (χ2v) is 8.60. The highest BCUT2D eigenvalue weighted by Crippen LogP contribution is 2.13. The van der Waals surface area contributed by atoms with Gasteiger partial charge in [-0.2, -0.15) is 0 Å². The van der Waals surface area contributed by atoms with Crippen LogP contribution < -0.4 is 0 Å². The number of rotatable bonds is 23. The lowest BCUT2D eigenvalue weighted by atomic mass is 10.0. The van der Waals surface area contributed by atoms with E-state index >= 15 is 0 Å². The topological polar surface area (TPSA) is 118 Å². The van der Waals surface area contributed by atoms with Gasteiger partial charge in [0.25, 0.3) is 0 Å². The van der Waals surface area contributed by atoms with Gasteiger partial charge in [0.2, 0.25) is 5.91 Å². The molecule has 0 rings (SSSR count). The summed E-state index contributed by atoms with van der Waals surface area (Å²) in [7, 11) is 0. The fraction of sp³-hybridized carbons (Fsp3) is 0.875. The number of aliphatic hydroxyl groups excluding tert-OH is 1. The average Bonchev–Trinajstić information content (AvgIpc) is 2.73. The van der Waals surface area contributed by atoms with Crippen molar-refractivity contribution < 1.29 is 29.7 Å². The zero-order valence-electron chi connectivity index (χ0n) is 20.1. The molecule has 0 atom stereocenters. The molecule has 1 amide bonds. The molecule has 3 N–H and O–H groups in total. The van der Waals surface area contributed by atoms with Crippen LogP contribution in [0.5, 0.6) is 0 Å². The van der Waals surface area contributed by atoms with Gasteiger partial charge in [0.1, 0.15) is 0 Å². The van der Waals surface area contributed by atoms with Gasteiger partial charge in [-0.05, 0) is 6.42 Å². The maximum atomic E-state index is 12.5. The number of unbranched alkanes of at least 4 members (excludes halogenated alkanes) is 12. The largest absolute Gasteiger partial charge is 0.480 e. The van der Waals surface area contributed by atoms with Crippen LogP contribution in [-0.2, 0) is 14.4 Å². The molecule has 0 radical (unpaired) electrons. The van der Waals surface area contributed by atoms with E-state index in [1.165, 1.54) is 74.0 Å². The number of hydrogen-bond acceptors (Lipinski definition) is 5. The van der Waals surface area contributed by atoms with E-state index in [1.54, 1.807) is 0 Å². The van der Waals surface area contributed by atoms with Crippen LogP contribution in [-0.4, -0.2) is 82.3 Å². The van der Waals surface area contributed by atoms with Crippen LogP contribution in [0.25, 0.3) is 0 Å². The number of carbonyl (C=O) groups is 3. The SMILES string of the molecule is CCCCCCCCCCCCCCCC(=O)N(CCO)CCN(CC(=O)O)CC(=O)O. The number of hydrogen-bond donors (Lipinski definition) is 3. The molecule has 0 aliphatic carbocycles. The number of amides is 1. The Labute approximate surface area is 194 Å². The van der Waals surface area contributed by atoms with E-state index in [-0.39, 0.29) is 32.1 Å². The maximum Gasteiger partial charge on any atom is 0.317 e. The van der Waals surface area contributed by atoms with E-state index in [1.807, 2.05) is 0 Å². The highest BCUT2D eigenvalue weighted by Gasteiger charge is 2.17. The van der Waals surface area contributed by atoms with Crippen LogP contribution in [0.3, 0.4) is 0 Å². The Morgan fingerprint density at radius 1 is 0.625 bits per heavy atom. The van der Waals surface area contributed by atoms with E-state index in [0.717, 1.165) is 19.3 Å². The van der Waals surface area contributed by atoms with Crippen LogP contribution in [0.2, 0.25) is 0 Å². The Morgan fingerprint density at radius 2 is 1.06 bits per heavy atom. The molecule has 0 fully saturated rings. The van der Waals surface area contributed by atoms with Crippen LogP contribution in [0.1, 0.15) is 96.8 Å². The number of nitrogens with zero attached hydrogens (tertiary/aromatic N) is 2. The highest BCUT2D eigenvalue weighted by molar-refractivity contribution is 5.76. The van der Waals surface area contributed by atoms with Crippen LogP contribution >= 0.6 is 0 Å². The smallest absolute Gasteiger partial charge is 0.317 e. The number of carbonyl (C=O) groups excluding carboxylic acids is 1. The summed E-state index contributed by atoms with van der Waals surface area (Å²) in [6, 6.07) is 0. The molecule has 0 unspecified atom stereocenters. The highest BCUT2D eigenvalue weighted by atomic mass is 16.4. The molecule has 0 saturated carbocycles. The van der Waals surface area contributed by atoms with Crippen molar-refractivity contribution in [3.63, 3.8) is 0 Å². The molecule has 0 spiro atoms. The summed E-state index contributed by atoms with van der Waals surface area (Å²) in [4.78, 5) is 37.0. The van der Waals surface area contributed by atoms with Gasteiger partial charge in [-0.1, -0.05) is 84.0 Å². The molecular weight excluding hydrogens is 412 g/mol. The molecule has 0 bridgehead atoms. The van der Waals surface area contributed by atoms with Gasteiger partial charge in [-0.25, -0.2) is 0 Å². The molecule has 0 aliphatic heterocycles. The molecule has 188 valence electrons. The van der Waals surface area contributed by atoms with E-state index in [2.05, 4.69) is 6.92 Å². The van der Waals surface area contributed by atoms with Gasteiger partial charge >= 0.3 is 11.9 Å². The Bertz CT molecular complexity index is 485. The Balaban J connectivity index is 3.93. The lowest BCUT2D eigenvalue weighted by molar-refractivity contribution is -0.141. The van der Waals surface area contributed by atoms with Gasteiger partial charge in [0, 0.05) is 26.1 Å². The summed E-state index contributed by atoms with van der Waals surface area (Å²) in [5, 5.41) is 27.0. The standard InChI is InChI=1S/C24H46N2O6/c1-2-3-4-5-6-7-8-9-10-11-12-13-14-15-22(28)26(18-19-27)17-16-25(20-23(29)30)21-24(31)32/h27H,2-21H2,1H3,(H,29,30)(H,31,32). The van der Waals surface area contributed by atoms with Crippen molar-refractivity contribution in [2.45, 2.75) is 96.8 Å². The Morgan fingerprint density at radius 3 is 1.47 bits per heavy atom. The first-order valence-electron chi connectivity index (χ1n) is 12.4. The van der Waals surface area contributed by atoms with Crippen molar-refractivity contribution in [2.24, 2.45) is 0 Å².